The first-order chi connectivity index (χ1) is 12.1. The quantitative estimate of drug-likeness (QED) is 0.767. The minimum absolute atomic E-state index is 0.111. The zero-order chi connectivity index (χ0) is 17.4. The number of likely N-dealkylation sites (tertiary alicyclic amines) is 1. The number of nitrogens with one attached hydrogen (secondary N) is 1. The summed E-state index contributed by atoms with van der Waals surface area (Å²) in [6.07, 6.45) is 1.91. The molecule has 3 aromatic rings. The number of aromatic amines is 1. The molecule has 4 nitrogen and oxygen atoms in total. The number of nitrogens with zero attached hydrogens (tertiary/aromatic N) is 2. The van der Waals surface area contributed by atoms with E-state index in [4.69, 9.17) is 0 Å². The number of para-hydroxylation sites is 2. The van der Waals surface area contributed by atoms with Crippen molar-refractivity contribution in [3.05, 3.63) is 65.2 Å². The van der Waals surface area contributed by atoms with E-state index in [1.807, 2.05) is 29.2 Å². The van der Waals surface area contributed by atoms with E-state index in [1.165, 1.54) is 6.07 Å². The molecule has 0 saturated carbocycles. The van der Waals surface area contributed by atoms with Crippen molar-refractivity contribution in [2.45, 2.75) is 25.7 Å². The van der Waals surface area contributed by atoms with Gasteiger partial charge < -0.3 is 9.88 Å². The first-order valence-corrected chi connectivity index (χ1v) is 8.62. The molecule has 0 aliphatic carbocycles. The molecule has 5 heteroatoms. The maximum atomic E-state index is 13.8. The third-order valence-corrected chi connectivity index (χ3v) is 4.92. The van der Waals surface area contributed by atoms with Crippen LogP contribution in [0.1, 0.15) is 40.5 Å². The number of halogens is 1. The van der Waals surface area contributed by atoms with Gasteiger partial charge in [0.25, 0.3) is 5.91 Å². The molecular weight excluding hydrogens is 317 g/mol. The summed E-state index contributed by atoms with van der Waals surface area (Å²) in [7, 11) is 0. The number of piperidine rings is 1. The van der Waals surface area contributed by atoms with Gasteiger partial charge in [-0.2, -0.15) is 0 Å². The van der Waals surface area contributed by atoms with Gasteiger partial charge in [0.15, 0.2) is 0 Å². The van der Waals surface area contributed by atoms with E-state index in [0.29, 0.717) is 24.2 Å². The smallest absolute Gasteiger partial charge is 0.253 e. The molecule has 1 aliphatic rings. The molecule has 0 spiro atoms. The van der Waals surface area contributed by atoms with Gasteiger partial charge in [0.05, 0.1) is 11.0 Å². The zero-order valence-electron chi connectivity index (χ0n) is 14.1. The normalized spacial score (nSPS) is 17.8. The van der Waals surface area contributed by atoms with Crippen LogP contribution >= 0.6 is 0 Å². The third-order valence-electron chi connectivity index (χ3n) is 4.92. The number of rotatable bonds is 2. The summed E-state index contributed by atoms with van der Waals surface area (Å²) < 4.78 is 13.8. The minimum Gasteiger partial charge on any atom is -0.342 e. The topological polar surface area (TPSA) is 49.0 Å². The summed E-state index contributed by atoms with van der Waals surface area (Å²) >= 11 is 0. The van der Waals surface area contributed by atoms with Gasteiger partial charge in [0.1, 0.15) is 11.6 Å². The fraction of sp³-hybridized carbons (Fsp3) is 0.300. The average molecular weight is 337 g/mol. The molecule has 1 atom stereocenters. The molecule has 4 rings (SSSR count). The Balaban J connectivity index is 1.55. The molecule has 1 aromatic heterocycles. The van der Waals surface area contributed by atoms with E-state index in [-0.39, 0.29) is 17.6 Å². The summed E-state index contributed by atoms with van der Waals surface area (Å²) in [5.41, 5.74) is 2.92. The Hall–Kier alpha value is -2.69. The van der Waals surface area contributed by atoms with Crippen LogP contribution in [0.25, 0.3) is 11.0 Å². The molecule has 0 radical (unpaired) electrons. The molecular formula is C20H20FN3O. The zero-order valence-corrected chi connectivity index (χ0v) is 14.1. The molecule has 0 unspecified atom stereocenters. The number of H-pyrrole nitrogens is 1. The molecule has 1 saturated heterocycles. The van der Waals surface area contributed by atoms with Gasteiger partial charge in [-0.3, -0.25) is 4.79 Å². The molecule has 2 aromatic carbocycles. The number of hydrogen-bond acceptors (Lipinski definition) is 2. The van der Waals surface area contributed by atoms with Crippen LogP contribution in [-0.4, -0.2) is 33.9 Å². The van der Waals surface area contributed by atoms with Crippen molar-refractivity contribution in [3.8, 4) is 0 Å². The molecule has 128 valence electrons. The maximum absolute atomic E-state index is 13.8. The van der Waals surface area contributed by atoms with Crippen molar-refractivity contribution >= 4 is 16.9 Å². The van der Waals surface area contributed by atoms with Crippen molar-refractivity contribution in [3.63, 3.8) is 0 Å². The van der Waals surface area contributed by atoms with Gasteiger partial charge in [-0.25, -0.2) is 9.37 Å². The van der Waals surface area contributed by atoms with Crippen molar-refractivity contribution in [2.75, 3.05) is 13.1 Å². The number of imidazole rings is 1. The number of hydrogen-bond donors (Lipinski definition) is 1. The molecule has 2 heterocycles. The summed E-state index contributed by atoms with van der Waals surface area (Å²) in [5, 5.41) is 0. The van der Waals surface area contributed by atoms with Crippen LogP contribution in [-0.2, 0) is 0 Å². The number of carbonyl (C=O) groups is 1. The second-order valence-corrected chi connectivity index (χ2v) is 6.69. The van der Waals surface area contributed by atoms with E-state index in [1.54, 1.807) is 19.1 Å². The highest BCUT2D eigenvalue weighted by Crippen LogP contribution is 2.27. The number of fused-ring (bicyclic) bond motifs is 1. The van der Waals surface area contributed by atoms with E-state index in [9.17, 15) is 9.18 Å². The van der Waals surface area contributed by atoms with Crippen LogP contribution in [0.15, 0.2) is 42.5 Å². The number of amides is 1. The molecule has 1 amide bonds. The lowest BCUT2D eigenvalue weighted by Crippen LogP contribution is -2.39. The molecule has 1 N–H and O–H groups in total. The first-order valence-electron chi connectivity index (χ1n) is 8.62. The van der Waals surface area contributed by atoms with E-state index in [0.717, 1.165) is 29.7 Å². The van der Waals surface area contributed by atoms with Crippen LogP contribution in [0.2, 0.25) is 0 Å². The number of carbonyl (C=O) groups excluding carboxylic acids is 1. The first kappa shape index (κ1) is 15.8. The summed E-state index contributed by atoms with van der Waals surface area (Å²) in [5.74, 6) is 0.658. The minimum atomic E-state index is -0.336. The number of benzene rings is 2. The van der Waals surface area contributed by atoms with Crippen LogP contribution in [0.5, 0.6) is 0 Å². The van der Waals surface area contributed by atoms with Crippen LogP contribution in [0.4, 0.5) is 4.39 Å². The third kappa shape index (κ3) is 3.02. The summed E-state index contributed by atoms with van der Waals surface area (Å²) in [6, 6.07) is 12.6. The Morgan fingerprint density at radius 1 is 1.28 bits per heavy atom. The molecule has 0 bridgehead atoms. The predicted molar refractivity (Wildman–Crippen MR) is 95.1 cm³/mol. The highest BCUT2D eigenvalue weighted by molar-refractivity contribution is 5.94. The van der Waals surface area contributed by atoms with Gasteiger partial charge in [-0.05, 0) is 49.6 Å². The second-order valence-electron chi connectivity index (χ2n) is 6.69. The van der Waals surface area contributed by atoms with Crippen molar-refractivity contribution < 1.29 is 9.18 Å². The lowest BCUT2D eigenvalue weighted by Gasteiger charge is -2.32. The standard InChI is InChI=1S/C20H20FN3O/c1-13-8-9-14(11-16(13)21)20(25)24-10-4-5-15(12-24)19-22-17-6-2-3-7-18(17)23-19/h2-3,6-9,11,15H,4-5,10,12H2,1H3,(H,22,23)/t15-/m1/s1. The highest BCUT2D eigenvalue weighted by Gasteiger charge is 2.27. The fourth-order valence-corrected chi connectivity index (χ4v) is 3.46. The Morgan fingerprint density at radius 3 is 2.92 bits per heavy atom. The van der Waals surface area contributed by atoms with Crippen LogP contribution in [0.3, 0.4) is 0 Å². The van der Waals surface area contributed by atoms with E-state index < -0.39 is 0 Å². The fourth-order valence-electron chi connectivity index (χ4n) is 3.46. The highest BCUT2D eigenvalue weighted by atomic mass is 19.1. The Morgan fingerprint density at radius 2 is 2.12 bits per heavy atom. The van der Waals surface area contributed by atoms with Crippen LogP contribution in [0, 0.1) is 12.7 Å². The lowest BCUT2D eigenvalue weighted by atomic mass is 9.96. The Kier molecular flexibility index (Phi) is 3.99. The molecule has 1 fully saturated rings. The molecule has 1 aliphatic heterocycles. The molecule has 25 heavy (non-hydrogen) atoms. The number of aromatic nitrogens is 2. The Bertz CT molecular complexity index is 901. The average Bonchev–Trinajstić information content (AvgIpc) is 3.08. The van der Waals surface area contributed by atoms with Crippen molar-refractivity contribution in [1.82, 2.24) is 14.9 Å². The monoisotopic (exact) mass is 337 g/mol. The van der Waals surface area contributed by atoms with Gasteiger partial charge in [0, 0.05) is 24.6 Å². The van der Waals surface area contributed by atoms with E-state index in [2.05, 4.69) is 9.97 Å². The SMILES string of the molecule is Cc1ccc(C(=O)N2CCC[C@@H](c3nc4ccccc4[nH]3)C2)cc1F. The largest absolute Gasteiger partial charge is 0.342 e. The second kappa shape index (κ2) is 6.31. The van der Waals surface area contributed by atoms with Crippen molar-refractivity contribution in [2.24, 2.45) is 0 Å². The van der Waals surface area contributed by atoms with Gasteiger partial charge in [-0.15, -0.1) is 0 Å². The Labute approximate surface area is 145 Å². The van der Waals surface area contributed by atoms with Gasteiger partial charge >= 0.3 is 0 Å². The summed E-state index contributed by atoms with van der Waals surface area (Å²) in [6.45, 7) is 3.00. The van der Waals surface area contributed by atoms with Crippen LogP contribution < -0.4 is 0 Å². The lowest BCUT2D eigenvalue weighted by molar-refractivity contribution is 0.0704. The van der Waals surface area contributed by atoms with E-state index >= 15 is 0 Å². The summed E-state index contributed by atoms with van der Waals surface area (Å²) in [4.78, 5) is 22.6. The van der Waals surface area contributed by atoms with Crippen molar-refractivity contribution in [1.29, 1.82) is 0 Å². The maximum Gasteiger partial charge on any atom is 0.253 e. The van der Waals surface area contributed by atoms with Gasteiger partial charge in [-0.1, -0.05) is 18.2 Å². The van der Waals surface area contributed by atoms with Gasteiger partial charge in [0.2, 0.25) is 0 Å². The predicted octanol–water partition coefficient (Wildman–Crippen LogP) is 4.03. The number of aryl methyl sites for hydroxylation is 1.